The van der Waals surface area contributed by atoms with Gasteiger partial charge in [0.25, 0.3) is 5.56 Å². The van der Waals surface area contributed by atoms with E-state index in [-0.39, 0.29) is 17.3 Å². The van der Waals surface area contributed by atoms with E-state index in [2.05, 4.69) is 26.9 Å². The second kappa shape index (κ2) is 6.42. The van der Waals surface area contributed by atoms with Crippen LogP contribution in [-0.2, 0) is 27.1 Å². The second-order valence-electron chi connectivity index (χ2n) is 7.43. The van der Waals surface area contributed by atoms with E-state index in [0.29, 0.717) is 11.9 Å². The number of rotatable bonds is 4. The first-order valence-corrected chi connectivity index (χ1v) is 9.28. The van der Waals surface area contributed by atoms with Gasteiger partial charge in [-0.2, -0.15) is 5.10 Å². The lowest BCUT2D eigenvalue weighted by Gasteiger charge is -2.23. The molecule has 1 saturated heterocycles. The molecular weight excluding hydrogens is 332 g/mol. The molecule has 2 aliphatic heterocycles. The summed E-state index contributed by atoms with van der Waals surface area (Å²) in [5.74, 6) is 0.696. The number of fused-ring (bicyclic) bond motifs is 1. The van der Waals surface area contributed by atoms with Gasteiger partial charge >= 0.3 is 5.69 Å². The zero-order valence-corrected chi connectivity index (χ0v) is 15.6. The predicted octanol–water partition coefficient (Wildman–Crippen LogP) is 0.156. The Bertz CT molecular complexity index is 940. The van der Waals surface area contributed by atoms with Crippen LogP contribution in [0.2, 0.25) is 0 Å². The van der Waals surface area contributed by atoms with Gasteiger partial charge in [0, 0.05) is 63.1 Å². The third-order valence-electron chi connectivity index (χ3n) is 5.73. The fourth-order valence-electron chi connectivity index (χ4n) is 4.22. The average molecular weight is 358 g/mol. The van der Waals surface area contributed by atoms with Crippen molar-refractivity contribution in [1.29, 1.82) is 0 Å². The number of nitrogens with zero attached hydrogens (tertiary/aromatic N) is 5. The maximum Gasteiger partial charge on any atom is 0.332 e. The Hall–Kier alpha value is -2.35. The highest BCUT2D eigenvalue weighted by Gasteiger charge is 2.28. The standard InChI is InChI=1S/C18H26N6O2/c1-12(14-10-19-24-7-4-5-15(14)24)20-13-6-8-23(11-13)16-9-17(25)22(3)18(26)21(16)2/h9-10,12-13,20H,4-8,11H2,1-3H3/t12?,13-/m1/s1. The van der Waals surface area contributed by atoms with E-state index in [0.717, 1.165) is 37.0 Å². The maximum absolute atomic E-state index is 12.2. The van der Waals surface area contributed by atoms with Crippen LogP contribution in [0.15, 0.2) is 21.9 Å². The van der Waals surface area contributed by atoms with Crippen molar-refractivity contribution in [3.8, 4) is 0 Å². The molecule has 4 heterocycles. The van der Waals surface area contributed by atoms with Gasteiger partial charge in [0.15, 0.2) is 0 Å². The van der Waals surface area contributed by atoms with Gasteiger partial charge in [-0.05, 0) is 26.2 Å². The lowest BCUT2D eigenvalue weighted by Crippen LogP contribution is -2.41. The van der Waals surface area contributed by atoms with Crippen molar-refractivity contribution in [3.63, 3.8) is 0 Å². The average Bonchev–Trinajstić information content (AvgIpc) is 3.32. The first-order chi connectivity index (χ1) is 12.5. The van der Waals surface area contributed by atoms with E-state index in [1.165, 1.54) is 24.7 Å². The lowest BCUT2D eigenvalue weighted by molar-refractivity contribution is 0.478. The fraction of sp³-hybridized carbons (Fsp3) is 0.611. The minimum Gasteiger partial charge on any atom is -0.356 e. The second-order valence-corrected chi connectivity index (χ2v) is 7.43. The smallest absolute Gasteiger partial charge is 0.332 e. The molecule has 2 aromatic rings. The highest BCUT2D eigenvalue weighted by molar-refractivity contribution is 5.40. The molecule has 2 aliphatic rings. The Morgan fingerprint density at radius 1 is 1.23 bits per heavy atom. The summed E-state index contributed by atoms with van der Waals surface area (Å²) in [6.45, 7) is 4.83. The molecule has 0 amide bonds. The molecule has 26 heavy (non-hydrogen) atoms. The minimum atomic E-state index is -0.285. The topological polar surface area (TPSA) is 77.1 Å². The molecule has 1 unspecified atom stereocenters. The molecule has 1 N–H and O–H groups in total. The van der Waals surface area contributed by atoms with Crippen LogP contribution < -0.4 is 21.5 Å². The third-order valence-corrected chi connectivity index (χ3v) is 5.73. The monoisotopic (exact) mass is 358 g/mol. The van der Waals surface area contributed by atoms with Gasteiger partial charge in [-0.1, -0.05) is 0 Å². The minimum absolute atomic E-state index is 0.245. The molecule has 0 radical (unpaired) electrons. The van der Waals surface area contributed by atoms with E-state index in [4.69, 9.17) is 0 Å². The van der Waals surface area contributed by atoms with Crippen molar-refractivity contribution in [3.05, 3.63) is 44.4 Å². The van der Waals surface area contributed by atoms with E-state index in [1.807, 2.05) is 6.20 Å². The van der Waals surface area contributed by atoms with Crippen LogP contribution in [0.1, 0.15) is 37.1 Å². The van der Waals surface area contributed by atoms with Crippen molar-refractivity contribution >= 4 is 5.82 Å². The molecule has 0 aromatic carbocycles. The SMILES string of the molecule is CC(N[C@@H]1CCN(c2cc(=O)n(C)c(=O)n2C)C1)c1cnn2c1CCC2. The lowest BCUT2D eigenvalue weighted by atomic mass is 10.1. The Balaban J connectivity index is 1.47. The van der Waals surface area contributed by atoms with Crippen molar-refractivity contribution in [1.82, 2.24) is 24.2 Å². The van der Waals surface area contributed by atoms with E-state index in [9.17, 15) is 9.59 Å². The quantitative estimate of drug-likeness (QED) is 0.842. The summed E-state index contributed by atoms with van der Waals surface area (Å²) in [5, 5.41) is 8.19. The zero-order valence-electron chi connectivity index (χ0n) is 15.6. The van der Waals surface area contributed by atoms with Crippen molar-refractivity contribution in [2.75, 3.05) is 18.0 Å². The highest BCUT2D eigenvalue weighted by Crippen LogP contribution is 2.25. The molecule has 0 spiro atoms. The summed E-state index contributed by atoms with van der Waals surface area (Å²) in [6.07, 6.45) is 5.26. The molecule has 2 aromatic heterocycles. The summed E-state index contributed by atoms with van der Waals surface area (Å²) in [7, 11) is 3.23. The first kappa shape index (κ1) is 17.1. The van der Waals surface area contributed by atoms with Crippen LogP contribution in [0.5, 0.6) is 0 Å². The number of nitrogens with one attached hydrogen (secondary N) is 1. The van der Waals surface area contributed by atoms with Crippen LogP contribution in [-0.4, -0.2) is 38.0 Å². The molecule has 2 atom stereocenters. The predicted molar refractivity (Wildman–Crippen MR) is 99.6 cm³/mol. The van der Waals surface area contributed by atoms with Gasteiger partial charge in [-0.25, -0.2) is 4.79 Å². The Labute approximate surface area is 152 Å². The molecule has 8 heteroatoms. The molecule has 1 fully saturated rings. The summed E-state index contributed by atoms with van der Waals surface area (Å²) < 4.78 is 4.81. The van der Waals surface area contributed by atoms with Crippen LogP contribution in [0.4, 0.5) is 5.82 Å². The number of anilines is 1. The van der Waals surface area contributed by atoms with E-state index >= 15 is 0 Å². The van der Waals surface area contributed by atoms with Gasteiger partial charge in [0.05, 0.1) is 6.20 Å². The molecule has 0 saturated carbocycles. The van der Waals surface area contributed by atoms with Gasteiger partial charge in [-0.3, -0.25) is 18.6 Å². The number of hydrogen-bond donors (Lipinski definition) is 1. The van der Waals surface area contributed by atoms with E-state index in [1.54, 1.807) is 17.7 Å². The number of aromatic nitrogens is 4. The molecule has 0 bridgehead atoms. The number of hydrogen-bond acceptors (Lipinski definition) is 5. The van der Waals surface area contributed by atoms with Crippen LogP contribution in [0, 0.1) is 0 Å². The van der Waals surface area contributed by atoms with Crippen molar-refractivity contribution in [2.45, 2.75) is 44.8 Å². The molecule has 8 nitrogen and oxygen atoms in total. The maximum atomic E-state index is 12.2. The normalized spacial score (nSPS) is 20.6. The van der Waals surface area contributed by atoms with Gasteiger partial charge in [0.2, 0.25) is 0 Å². The van der Waals surface area contributed by atoms with Crippen molar-refractivity contribution in [2.24, 2.45) is 14.1 Å². The van der Waals surface area contributed by atoms with Crippen molar-refractivity contribution < 1.29 is 0 Å². The van der Waals surface area contributed by atoms with Crippen LogP contribution >= 0.6 is 0 Å². The molecule has 4 rings (SSSR count). The van der Waals surface area contributed by atoms with E-state index < -0.39 is 0 Å². The Morgan fingerprint density at radius 2 is 2.04 bits per heavy atom. The van der Waals surface area contributed by atoms with Gasteiger partial charge in [-0.15, -0.1) is 0 Å². The van der Waals surface area contributed by atoms with Gasteiger partial charge in [0.1, 0.15) is 5.82 Å². The highest BCUT2D eigenvalue weighted by atomic mass is 16.2. The summed E-state index contributed by atoms with van der Waals surface area (Å²) in [4.78, 5) is 26.3. The molecule has 140 valence electrons. The van der Waals surface area contributed by atoms with Crippen LogP contribution in [0.25, 0.3) is 0 Å². The van der Waals surface area contributed by atoms with Crippen LogP contribution in [0.3, 0.4) is 0 Å². The van der Waals surface area contributed by atoms with Gasteiger partial charge < -0.3 is 10.2 Å². The molecular formula is C18H26N6O2. The summed E-state index contributed by atoms with van der Waals surface area (Å²) in [6, 6.07) is 2.12. The third kappa shape index (κ3) is 2.78. The number of aryl methyl sites for hydroxylation is 1. The summed E-state index contributed by atoms with van der Waals surface area (Å²) >= 11 is 0. The Kier molecular flexibility index (Phi) is 4.22. The summed E-state index contributed by atoms with van der Waals surface area (Å²) in [5.41, 5.74) is 2.10. The Morgan fingerprint density at radius 3 is 2.85 bits per heavy atom. The zero-order chi connectivity index (χ0) is 18.4. The molecule has 0 aliphatic carbocycles. The fourth-order valence-corrected chi connectivity index (χ4v) is 4.22. The first-order valence-electron chi connectivity index (χ1n) is 9.28. The largest absolute Gasteiger partial charge is 0.356 e.